The Hall–Kier alpha value is 0.523. The topological polar surface area (TPSA) is 86.2 Å². The zero-order chi connectivity index (χ0) is 7.15. The molecule has 2 amide bonds. The number of primary amides is 2. The molecule has 0 aromatic rings. The SMILES string of the molecule is NC(=O)S.NC(=O)S.[Bi]. The zero-order valence-corrected chi connectivity index (χ0v) is 9.58. The first-order valence-corrected chi connectivity index (χ1v) is 2.33. The Labute approximate surface area is 82.7 Å². The van der Waals surface area contributed by atoms with Crippen molar-refractivity contribution in [3.8, 4) is 0 Å². The van der Waals surface area contributed by atoms with Gasteiger partial charge in [-0.2, -0.15) is 0 Å². The molecule has 0 aliphatic carbocycles. The minimum atomic E-state index is -0.639. The van der Waals surface area contributed by atoms with Crippen LogP contribution in [-0.4, -0.2) is 36.7 Å². The molecule has 0 aliphatic heterocycles. The molecule has 7 heteroatoms. The number of hydrogen-bond donors (Lipinski definition) is 4. The van der Waals surface area contributed by atoms with Crippen molar-refractivity contribution in [1.29, 1.82) is 0 Å². The minimum absolute atomic E-state index is 0. The maximum Gasteiger partial charge on any atom is 0.273 e. The quantitative estimate of drug-likeness (QED) is 0.349. The van der Waals surface area contributed by atoms with E-state index in [1.165, 1.54) is 0 Å². The van der Waals surface area contributed by atoms with Gasteiger partial charge in [0.2, 0.25) is 0 Å². The van der Waals surface area contributed by atoms with Gasteiger partial charge in [-0.25, -0.2) is 0 Å². The molecule has 0 saturated carbocycles. The smallest absolute Gasteiger partial charge is 0.273 e. The Balaban J connectivity index is -0.0000000720. The standard InChI is InChI=1S/2CH3NOS.Bi/c2*2-1(3)4;/h2*(H3,2,3,4);. The van der Waals surface area contributed by atoms with E-state index in [0.717, 1.165) is 0 Å². The summed E-state index contributed by atoms with van der Waals surface area (Å²) in [5.41, 5.74) is 8.67. The number of carbonyl (C=O) groups is 2. The first-order valence-electron chi connectivity index (χ1n) is 1.43. The number of nitrogens with two attached hydrogens (primary N) is 2. The summed E-state index contributed by atoms with van der Waals surface area (Å²) in [6, 6.07) is 0. The Kier molecular flexibility index (Phi) is 20.5. The fraction of sp³-hybridized carbons (Fsp3) is 0. The van der Waals surface area contributed by atoms with Gasteiger partial charge in [-0.05, 0) is 0 Å². The molecule has 4 N–H and O–H groups in total. The molecular formula is C2H6BiN2O2S2. The van der Waals surface area contributed by atoms with Crippen molar-refractivity contribution < 1.29 is 9.59 Å². The van der Waals surface area contributed by atoms with Crippen LogP contribution in [0.25, 0.3) is 0 Å². The third kappa shape index (κ3) is 1330. The van der Waals surface area contributed by atoms with Gasteiger partial charge in [0.05, 0.1) is 0 Å². The zero-order valence-electron chi connectivity index (χ0n) is 4.31. The summed E-state index contributed by atoms with van der Waals surface area (Å²) in [5, 5.41) is -1.28. The summed E-state index contributed by atoms with van der Waals surface area (Å²) in [5.74, 6) is 0. The van der Waals surface area contributed by atoms with E-state index in [2.05, 4.69) is 36.7 Å². The van der Waals surface area contributed by atoms with E-state index in [1.807, 2.05) is 0 Å². The van der Waals surface area contributed by atoms with Gasteiger partial charge in [0.25, 0.3) is 10.5 Å². The molecule has 0 spiro atoms. The molecule has 4 nitrogen and oxygen atoms in total. The Morgan fingerprint density at radius 3 is 1.00 bits per heavy atom. The van der Waals surface area contributed by atoms with Crippen LogP contribution in [0, 0.1) is 0 Å². The third-order valence-electron chi connectivity index (χ3n) is 0. The van der Waals surface area contributed by atoms with E-state index in [9.17, 15) is 0 Å². The van der Waals surface area contributed by atoms with Crippen LogP contribution in [0.2, 0.25) is 0 Å². The van der Waals surface area contributed by atoms with Crippen LogP contribution < -0.4 is 11.5 Å². The van der Waals surface area contributed by atoms with Crippen LogP contribution in [0.1, 0.15) is 0 Å². The van der Waals surface area contributed by atoms with Crippen LogP contribution >= 0.6 is 25.3 Å². The molecule has 0 fully saturated rings. The van der Waals surface area contributed by atoms with Crippen molar-refractivity contribution in [2.45, 2.75) is 0 Å². The van der Waals surface area contributed by atoms with Crippen LogP contribution in [0.15, 0.2) is 0 Å². The van der Waals surface area contributed by atoms with Crippen LogP contribution in [0.4, 0.5) is 9.59 Å². The summed E-state index contributed by atoms with van der Waals surface area (Å²) >= 11 is 6.21. The molecule has 0 bridgehead atoms. The molecule has 0 aliphatic rings. The van der Waals surface area contributed by atoms with Gasteiger partial charge in [-0.15, -0.1) is 0 Å². The fourth-order valence-corrected chi connectivity index (χ4v) is 0. The Bertz CT molecular complexity index is 78.6. The van der Waals surface area contributed by atoms with Gasteiger partial charge in [0, 0.05) is 26.2 Å². The van der Waals surface area contributed by atoms with Crippen LogP contribution in [0.3, 0.4) is 0 Å². The molecular weight excluding hydrogens is 357 g/mol. The maximum absolute atomic E-state index is 9.09. The number of rotatable bonds is 0. The van der Waals surface area contributed by atoms with Crippen molar-refractivity contribution in [3.63, 3.8) is 0 Å². The van der Waals surface area contributed by atoms with Crippen LogP contribution in [-0.2, 0) is 0 Å². The van der Waals surface area contributed by atoms with E-state index in [0.29, 0.717) is 0 Å². The average Bonchev–Trinajstić information content (AvgIpc) is 1.25. The summed E-state index contributed by atoms with van der Waals surface area (Å²) in [4.78, 5) is 18.2. The monoisotopic (exact) mass is 363 g/mol. The van der Waals surface area contributed by atoms with Gasteiger partial charge in [-0.3, -0.25) is 9.59 Å². The molecule has 0 aromatic heterocycles. The third-order valence-corrected chi connectivity index (χ3v) is 0. The van der Waals surface area contributed by atoms with Gasteiger partial charge < -0.3 is 11.5 Å². The van der Waals surface area contributed by atoms with E-state index in [1.54, 1.807) is 0 Å². The number of carbonyl (C=O) groups excluding carboxylic acids is 2. The molecule has 3 radical (unpaired) electrons. The van der Waals surface area contributed by atoms with E-state index in [4.69, 9.17) is 9.59 Å². The number of amides is 2. The van der Waals surface area contributed by atoms with Gasteiger partial charge in [0.1, 0.15) is 0 Å². The summed E-state index contributed by atoms with van der Waals surface area (Å²) in [6.45, 7) is 0. The van der Waals surface area contributed by atoms with Gasteiger partial charge in [-0.1, -0.05) is 25.3 Å². The second kappa shape index (κ2) is 11.3. The molecule has 0 saturated heterocycles. The molecule has 53 valence electrons. The van der Waals surface area contributed by atoms with Crippen molar-refractivity contribution in [2.75, 3.05) is 0 Å². The van der Waals surface area contributed by atoms with Gasteiger partial charge in [0.15, 0.2) is 0 Å². The minimum Gasteiger partial charge on any atom is -0.361 e. The van der Waals surface area contributed by atoms with Crippen LogP contribution in [0.5, 0.6) is 0 Å². The predicted molar refractivity (Wildman–Crippen MR) is 42.9 cm³/mol. The molecule has 0 aromatic carbocycles. The first kappa shape index (κ1) is 16.3. The Morgan fingerprint density at radius 2 is 1.00 bits per heavy atom. The molecule has 0 unspecified atom stereocenters. The van der Waals surface area contributed by atoms with Crippen molar-refractivity contribution in [2.24, 2.45) is 11.5 Å². The summed E-state index contributed by atoms with van der Waals surface area (Å²) in [6.07, 6.45) is 0. The number of thiol groups is 2. The van der Waals surface area contributed by atoms with Gasteiger partial charge >= 0.3 is 0 Å². The normalized spacial score (nSPS) is 5.56. The van der Waals surface area contributed by atoms with Crippen molar-refractivity contribution >= 4 is 61.9 Å². The van der Waals surface area contributed by atoms with E-state index in [-0.39, 0.29) is 26.2 Å². The molecule has 9 heavy (non-hydrogen) atoms. The predicted octanol–water partition coefficient (Wildman–Crippen LogP) is -0.391. The largest absolute Gasteiger partial charge is 0.361 e. The summed E-state index contributed by atoms with van der Waals surface area (Å²) in [7, 11) is 0. The molecule has 0 atom stereocenters. The summed E-state index contributed by atoms with van der Waals surface area (Å²) < 4.78 is 0. The van der Waals surface area contributed by atoms with E-state index >= 15 is 0 Å². The Morgan fingerprint density at radius 1 is 1.00 bits per heavy atom. The van der Waals surface area contributed by atoms with Crippen molar-refractivity contribution in [1.82, 2.24) is 0 Å². The average molecular weight is 363 g/mol. The first-order chi connectivity index (χ1) is 3.46. The second-order valence-electron chi connectivity index (χ2n) is 0.676. The molecule has 0 heterocycles. The fourth-order valence-electron chi connectivity index (χ4n) is 0. The maximum atomic E-state index is 9.09. The number of hydrogen-bond acceptors (Lipinski definition) is 2. The van der Waals surface area contributed by atoms with Crippen molar-refractivity contribution in [3.05, 3.63) is 0 Å². The second-order valence-corrected chi connectivity index (χ2v) is 1.56. The molecule has 0 rings (SSSR count). The van der Waals surface area contributed by atoms with E-state index < -0.39 is 10.5 Å².